The average Bonchev–Trinajstić information content (AvgIpc) is 2.76. The molecular formula is C12H13BrN2O2S2. The van der Waals surface area contributed by atoms with Gasteiger partial charge in [0, 0.05) is 11.7 Å². The lowest BCUT2D eigenvalue weighted by molar-refractivity contribution is 0.603. The smallest absolute Gasteiger partial charge is 0.271 e. The fourth-order valence-electron chi connectivity index (χ4n) is 1.53. The molecule has 0 amide bonds. The van der Waals surface area contributed by atoms with Gasteiger partial charge in [0.05, 0.1) is 3.79 Å². The van der Waals surface area contributed by atoms with Gasteiger partial charge in [0.25, 0.3) is 10.0 Å². The highest BCUT2D eigenvalue weighted by atomic mass is 79.9. The number of hydrogen-bond donors (Lipinski definition) is 2. The molecular weight excluding hydrogens is 348 g/mol. The Hall–Kier alpha value is -0.890. The maximum atomic E-state index is 12.1. The summed E-state index contributed by atoms with van der Waals surface area (Å²) in [4.78, 5) is 0. The SMILES string of the molecule is CC(N)c1cccc(NS(=O)(=O)c2ccc(Br)s2)c1. The van der Waals surface area contributed by atoms with Crippen LogP contribution in [0.15, 0.2) is 44.4 Å². The van der Waals surface area contributed by atoms with E-state index in [2.05, 4.69) is 20.7 Å². The average molecular weight is 361 g/mol. The molecule has 0 aliphatic heterocycles. The Morgan fingerprint density at radius 2 is 2.05 bits per heavy atom. The third-order valence-electron chi connectivity index (χ3n) is 2.48. The second-order valence-electron chi connectivity index (χ2n) is 4.08. The minimum atomic E-state index is -3.54. The van der Waals surface area contributed by atoms with Crippen LogP contribution in [0.2, 0.25) is 0 Å². The van der Waals surface area contributed by atoms with Gasteiger partial charge in [-0.05, 0) is 52.7 Å². The maximum Gasteiger partial charge on any atom is 0.271 e. The fraction of sp³-hybridized carbons (Fsp3) is 0.167. The predicted octanol–water partition coefficient (Wildman–Crippen LogP) is 3.33. The van der Waals surface area contributed by atoms with Crippen molar-refractivity contribution in [2.75, 3.05) is 4.72 Å². The lowest BCUT2D eigenvalue weighted by atomic mass is 10.1. The number of hydrogen-bond acceptors (Lipinski definition) is 4. The molecule has 1 unspecified atom stereocenters. The molecule has 0 saturated heterocycles. The van der Waals surface area contributed by atoms with E-state index in [4.69, 9.17) is 5.73 Å². The first kappa shape index (κ1) is 14.5. The molecule has 3 N–H and O–H groups in total. The van der Waals surface area contributed by atoms with Crippen LogP contribution in [0.5, 0.6) is 0 Å². The van der Waals surface area contributed by atoms with Crippen LogP contribution in [-0.2, 0) is 10.0 Å². The third-order valence-corrected chi connectivity index (χ3v) is 5.97. The molecule has 19 heavy (non-hydrogen) atoms. The normalized spacial score (nSPS) is 13.2. The monoisotopic (exact) mass is 360 g/mol. The van der Waals surface area contributed by atoms with E-state index >= 15 is 0 Å². The summed E-state index contributed by atoms with van der Waals surface area (Å²) in [5, 5.41) is 0. The molecule has 0 saturated carbocycles. The highest BCUT2D eigenvalue weighted by molar-refractivity contribution is 9.11. The number of nitrogens with two attached hydrogens (primary N) is 1. The molecule has 1 aromatic heterocycles. The van der Waals surface area contributed by atoms with Crippen LogP contribution in [-0.4, -0.2) is 8.42 Å². The van der Waals surface area contributed by atoms with E-state index in [0.717, 1.165) is 9.35 Å². The van der Waals surface area contributed by atoms with E-state index in [0.29, 0.717) is 5.69 Å². The van der Waals surface area contributed by atoms with Gasteiger partial charge in [-0.1, -0.05) is 12.1 Å². The second kappa shape index (κ2) is 5.62. The molecule has 7 heteroatoms. The summed E-state index contributed by atoms with van der Waals surface area (Å²) in [7, 11) is -3.54. The summed E-state index contributed by atoms with van der Waals surface area (Å²) in [5.41, 5.74) is 7.17. The van der Waals surface area contributed by atoms with Crippen molar-refractivity contribution in [2.24, 2.45) is 5.73 Å². The third kappa shape index (κ3) is 3.56. The number of sulfonamides is 1. The van der Waals surface area contributed by atoms with Crippen molar-refractivity contribution in [1.82, 2.24) is 0 Å². The maximum absolute atomic E-state index is 12.1. The minimum absolute atomic E-state index is 0.139. The Kier molecular flexibility index (Phi) is 4.29. The second-order valence-corrected chi connectivity index (χ2v) is 8.45. The zero-order valence-electron chi connectivity index (χ0n) is 10.1. The summed E-state index contributed by atoms with van der Waals surface area (Å²) >= 11 is 4.42. The van der Waals surface area contributed by atoms with E-state index < -0.39 is 10.0 Å². The molecule has 4 nitrogen and oxygen atoms in total. The lowest BCUT2D eigenvalue weighted by Gasteiger charge is -2.10. The van der Waals surface area contributed by atoms with Gasteiger partial charge < -0.3 is 5.73 Å². The van der Waals surface area contributed by atoms with Gasteiger partial charge in [-0.3, -0.25) is 4.72 Å². The van der Waals surface area contributed by atoms with Gasteiger partial charge in [-0.2, -0.15) is 0 Å². The largest absolute Gasteiger partial charge is 0.324 e. The van der Waals surface area contributed by atoms with Crippen LogP contribution in [0.3, 0.4) is 0 Å². The molecule has 0 radical (unpaired) electrons. The molecule has 1 heterocycles. The van der Waals surface area contributed by atoms with Crippen LogP contribution in [0.4, 0.5) is 5.69 Å². The number of benzene rings is 1. The summed E-state index contributed by atoms with van der Waals surface area (Å²) in [5.74, 6) is 0. The zero-order chi connectivity index (χ0) is 14.0. The zero-order valence-corrected chi connectivity index (χ0v) is 13.3. The van der Waals surface area contributed by atoms with E-state index in [1.165, 1.54) is 11.3 Å². The molecule has 102 valence electrons. The quantitative estimate of drug-likeness (QED) is 0.877. The lowest BCUT2D eigenvalue weighted by Crippen LogP contribution is -2.12. The standard InChI is InChI=1S/C12H13BrN2O2S2/c1-8(14)9-3-2-4-10(7-9)15-19(16,17)12-6-5-11(13)18-12/h2-8,15H,14H2,1H3. The van der Waals surface area contributed by atoms with Crippen LogP contribution < -0.4 is 10.5 Å². The molecule has 1 aromatic carbocycles. The van der Waals surface area contributed by atoms with E-state index in [1.54, 1.807) is 30.3 Å². The van der Waals surface area contributed by atoms with E-state index in [-0.39, 0.29) is 10.3 Å². The molecule has 0 aliphatic rings. The molecule has 0 aliphatic carbocycles. The van der Waals surface area contributed by atoms with Gasteiger partial charge in [-0.15, -0.1) is 11.3 Å². The molecule has 2 aromatic rings. The van der Waals surface area contributed by atoms with Crippen molar-refractivity contribution < 1.29 is 8.42 Å². The van der Waals surface area contributed by atoms with Crippen LogP contribution in [0.1, 0.15) is 18.5 Å². The first-order valence-corrected chi connectivity index (χ1v) is 8.61. The first-order chi connectivity index (χ1) is 8.88. The van der Waals surface area contributed by atoms with Crippen LogP contribution in [0, 0.1) is 0 Å². The van der Waals surface area contributed by atoms with Gasteiger partial charge in [0.15, 0.2) is 0 Å². The van der Waals surface area contributed by atoms with Crippen molar-refractivity contribution in [2.45, 2.75) is 17.2 Å². The molecule has 1 atom stereocenters. The Bertz CT molecular complexity index is 681. The first-order valence-electron chi connectivity index (χ1n) is 5.52. The number of nitrogens with one attached hydrogen (secondary N) is 1. The Morgan fingerprint density at radius 1 is 1.32 bits per heavy atom. The summed E-state index contributed by atoms with van der Waals surface area (Å²) in [6.07, 6.45) is 0. The number of halogens is 1. The predicted molar refractivity (Wildman–Crippen MR) is 81.9 cm³/mol. The molecule has 0 spiro atoms. The topological polar surface area (TPSA) is 72.2 Å². The highest BCUT2D eigenvalue weighted by Gasteiger charge is 2.16. The fourth-order valence-corrected chi connectivity index (χ4v) is 4.59. The van der Waals surface area contributed by atoms with E-state index in [1.807, 2.05) is 13.0 Å². The van der Waals surface area contributed by atoms with Crippen LogP contribution in [0.25, 0.3) is 0 Å². The van der Waals surface area contributed by atoms with Gasteiger partial charge >= 0.3 is 0 Å². The van der Waals surface area contributed by atoms with E-state index in [9.17, 15) is 8.42 Å². The van der Waals surface area contributed by atoms with Gasteiger partial charge in [0.2, 0.25) is 0 Å². The van der Waals surface area contributed by atoms with Crippen molar-refractivity contribution in [1.29, 1.82) is 0 Å². The minimum Gasteiger partial charge on any atom is -0.324 e. The molecule has 2 rings (SSSR count). The highest BCUT2D eigenvalue weighted by Crippen LogP contribution is 2.28. The summed E-state index contributed by atoms with van der Waals surface area (Å²) < 4.78 is 27.9. The summed E-state index contributed by atoms with van der Waals surface area (Å²) in [6.45, 7) is 1.85. The Balaban J connectivity index is 2.28. The van der Waals surface area contributed by atoms with Gasteiger partial charge in [0.1, 0.15) is 4.21 Å². The Labute approximate surface area is 124 Å². The van der Waals surface area contributed by atoms with Gasteiger partial charge in [-0.25, -0.2) is 8.42 Å². The van der Waals surface area contributed by atoms with Crippen molar-refractivity contribution in [3.05, 3.63) is 45.7 Å². The van der Waals surface area contributed by atoms with Crippen LogP contribution >= 0.6 is 27.3 Å². The van der Waals surface area contributed by atoms with Crippen molar-refractivity contribution in [3.8, 4) is 0 Å². The number of thiophene rings is 1. The van der Waals surface area contributed by atoms with Crippen molar-refractivity contribution in [3.63, 3.8) is 0 Å². The molecule has 0 fully saturated rings. The number of rotatable bonds is 4. The Morgan fingerprint density at radius 3 is 2.63 bits per heavy atom. The molecule has 0 bridgehead atoms. The van der Waals surface area contributed by atoms with Crippen molar-refractivity contribution >= 4 is 43.0 Å². The summed E-state index contributed by atoms with van der Waals surface area (Å²) in [6, 6.07) is 10.2. The number of anilines is 1.